The Hall–Kier alpha value is -0.326. The van der Waals surface area contributed by atoms with Crippen molar-refractivity contribution in [1.29, 1.82) is 0 Å². The van der Waals surface area contributed by atoms with Crippen molar-refractivity contribution in [2.75, 3.05) is 0 Å². The molecule has 1 aliphatic carbocycles. The van der Waals surface area contributed by atoms with E-state index in [1.165, 1.54) is 27.8 Å². The third-order valence-electron chi connectivity index (χ3n) is 5.89. The molecule has 1 aliphatic rings. The van der Waals surface area contributed by atoms with Gasteiger partial charge in [-0.1, -0.05) is 0 Å². The zero-order chi connectivity index (χ0) is 14.7. The Morgan fingerprint density at radius 2 is 1.26 bits per heavy atom. The molecule has 0 nitrogen and oxygen atoms in total. The fourth-order valence-electron chi connectivity index (χ4n) is 3.69. The first-order valence-corrected chi connectivity index (χ1v) is 12.8. The first kappa shape index (κ1) is 15.1. The fourth-order valence-corrected chi connectivity index (χ4v) is 7.33. The average molecular weight is 292 g/mol. The second-order valence-corrected chi connectivity index (χ2v) is 16.1. The molecule has 104 valence electrons. The molecule has 1 aromatic carbocycles. The van der Waals surface area contributed by atoms with Gasteiger partial charge in [0.25, 0.3) is 0 Å². The topological polar surface area (TPSA) is 0 Å². The van der Waals surface area contributed by atoms with Crippen LogP contribution in [0.3, 0.4) is 0 Å². The maximum atomic E-state index is 2.55. The minimum absolute atomic E-state index is 0.336. The van der Waals surface area contributed by atoms with Crippen LogP contribution in [0.5, 0.6) is 0 Å². The van der Waals surface area contributed by atoms with Gasteiger partial charge in [-0.15, -0.1) is 0 Å². The molecule has 0 aromatic heterocycles. The molecule has 0 fully saturated rings. The van der Waals surface area contributed by atoms with E-state index < -0.39 is 16.6 Å². The van der Waals surface area contributed by atoms with E-state index in [1.807, 2.05) is 0 Å². The van der Waals surface area contributed by atoms with Gasteiger partial charge in [0, 0.05) is 0 Å². The van der Waals surface area contributed by atoms with Crippen LogP contribution >= 0.6 is 0 Å². The Morgan fingerprint density at radius 3 is 1.74 bits per heavy atom. The predicted molar refractivity (Wildman–Crippen MR) is 84.0 cm³/mol. The standard InChI is InChI=1S/C15H19.3CH3.Ti/c1-8-7-14-12(5)10(3)11(4)13(6)15(14)9(8)2;;;;/h7H,1-6H3;3*1H3;. The van der Waals surface area contributed by atoms with Gasteiger partial charge < -0.3 is 0 Å². The molecule has 0 saturated heterocycles. The van der Waals surface area contributed by atoms with Crippen molar-refractivity contribution in [2.24, 2.45) is 0 Å². The molecule has 0 aliphatic heterocycles. The van der Waals surface area contributed by atoms with Gasteiger partial charge in [-0.05, 0) is 0 Å². The van der Waals surface area contributed by atoms with Crippen LogP contribution in [0.2, 0.25) is 15.7 Å². The third-order valence-corrected chi connectivity index (χ3v) is 11.6. The van der Waals surface area contributed by atoms with Crippen LogP contribution in [-0.4, -0.2) is 0 Å². The summed E-state index contributed by atoms with van der Waals surface area (Å²) in [4.78, 5) is 0. The Morgan fingerprint density at radius 1 is 0.789 bits per heavy atom. The quantitative estimate of drug-likeness (QED) is 0.569. The first-order valence-electron chi connectivity index (χ1n) is 7.33. The third kappa shape index (κ3) is 1.83. The van der Waals surface area contributed by atoms with E-state index in [1.54, 1.807) is 11.1 Å². The summed E-state index contributed by atoms with van der Waals surface area (Å²) in [6.07, 6.45) is 2.47. The van der Waals surface area contributed by atoms with E-state index in [0.717, 1.165) is 0 Å². The van der Waals surface area contributed by atoms with Gasteiger partial charge in [0.2, 0.25) is 0 Å². The molecule has 1 unspecified atom stereocenters. The minimum atomic E-state index is -1.87. The van der Waals surface area contributed by atoms with Crippen molar-refractivity contribution in [1.82, 2.24) is 0 Å². The Kier molecular flexibility index (Phi) is 3.44. The van der Waals surface area contributed by atoms with E-state index >= 15 is 0 Å². The van der Waals surface area contributed by atoms with E-state index in [0.29, 0.717) is 3.72 Å². The number of benzene rings is 1. The van der Waals surface area contributed by atoms with Gasteiger partial charge in [-0.3, -0.25) is 0 Å². The normalized spacial score (nSPS) is 22.5. The van der Waals surface area contributed by atoms with E-state index in [-0.39, 0.29) is 0 Å². The average Bonchev–Trinajstić information content (AvgIpc) is 2.58. The van der Waals surface area contributed by atoms with Gasteiger partial charge in [-0.25, -0.2) is 0 Å². The molecule has 1 atom stereocenters. The monoisotopic (exact) mass is 292 g/mol. The van der Waals surface area contributed by atoms with Crippen LogP contribution < -0.4 is 0 Å². The SMILES string of the molecule is CC1=Cc2c(C)c(C)c(C)c(C)c2[C]1(C)[Ti]([CH3])([CH3])[CH3]. The number of hydrogen-bond acceptors (Lipinski definition) is 0. The van der Waals surface area contributed by atoms with Crippen molar-refractivity contribution < 1.29 is 16.6 Å². The van der Waals surface area contributed by atoms with Crippen molar-refractivity contribution in [2.45, 2.75) is 60.9 Å². The Bertz CT molecular complexity index is 585. The fraction of sp³-hybridized carbons (Fsp3) is 0.556. The summed E-state index contributed by atoms with van der Waals surface area (Å²) in [5.41, 5.74) is 10.8. The summed E-state index contributed by atoms with van der Waals surface area (Å²) in [7, 11) is 0. The molecule has 0 N–H and O–H groups in total. The summed E-state index contributed by atoms with van der Waals surface area (Å²) in [6, 6.07) is 0. The summed E-state index contributed by atoms with van der Waals surface area (Å²) in [5, 5.41) is 7.66. The maximum absolute atomic E-state index is 2.55. The van der Waals surface area contributed by atoms with Crippen LogP contribution in [0.1, 0.15) is 47.2 Å². The first-order chi connectivity index (χ1) is 8.53. The number of rotatable bonds is 1. The van der Waals surface area contributed by atoms with Gasteiger partial charge >= 0.3 is 123 Å². The molecular formula is C18H28Ti. The van der Waals surface area contributed by atoms with Gasteiger partial charge in [0.1, 0.15) is 0 Å². The van der Waals surface area contributed by atoms with Crippen LogP contribution in [-0.2, 0) is 20.3 Å². The molecular weight excluding hydrogens is 264 g/mol. The van der Waals surface area contributed by atoms with Gasteiger partial charge in [0.05, 0.1) is 0 Å². The van der Waals surface area contributed by atoms with Crippen molar-refractivity contribution >= 4 is 6.08 Å². The Balaban J connectivity index is 2.91. The zero-order valence-corrected chi connectivity index (χ0v) is 15.6. The molecule has 0 amide bonds. The van der Waals surface area contributed by atoms with Crippen LogP contribution in [0.4, 0.5) is 0 Å². The predicted octanol–water partition coefficient (Wildman–Crippen LogP) is 5.85. The number of hydrogen-bond donors (Lipinski definition) is 0. The molecule has 1 aromatic rings. The summed E-state index contributed by atoms with van der Waals surface area (Å²) in [6.45, 7) is 14.0. The van der Waals surface area contributed by atoms with Crippen molar-refractivity contribution in [3.8, 4) is 0 Å². The molecule has 2 rings (SSSR count). The summed E-state index contributed by atoms with van der Waals surface area (Å²) in [5.74, 6) is 0. The second kappa shape index (κ2) is 4.33. The molecule has 1 heteroatoms. The van der Waals surface area contributed by atoms with Gasteiger partial charge in [-0.2, -0.15) is 0 Å². The van der Waals surface area contributed by atoms with E-state index in [9.17, 15) is 0 Å². The second-order valence-electron chi connectivity index (χ2n) is 7.49. The zero-order valence-electron chi connectivity index (χ0n) is 14.1. The molecule has 0 spiro atoms. The molecule has 0 heterocycles. The van der Waals surface area contributed by atoms with E-state index in [4.69, 9.17) is 0 Å². The Labute approximate surface area is 122 Å². The summed E-state index contributed by atoms with van der Waals surface area (Å²) >= 11 is -1.87. The van der Waals surface area contributed by atoms with Crippen LogP contribution in [0.15, 0.2) is 5.57 Å². The van der Waals surface area contributed by atoms with E-state index in [2.05, 4.69) is 63.3 Å². The van der Waals surface area contributed by atoms with Crippen LogP contribution in [0.25, 0.3) is 6.08 Å². The van der Waals surface area contributed by atoms with Crippen molar-refractivity contribution in [3.63, 3.8) is 0 Å². The number of fused-ring (bicyclic) bond motifs is 1. The molecule has 0 saturated carbocycles. The van der Waals surface area contributed by atoms with Gasteiger partial charge in [0.15, 0.2) is 0 Å². The van der Waals surface area contributed by atoms with Crippen molar-refractivity contribution in [3.05, 3.63) is 39.0 Å². The van der Waals surface area contributed by atoms with Crippen LogP contribution in [0, 0.1) is 27.7 Å². The number of allylic oxidation sites excluding steroid dienone is 1. The molecule has 19 heavy (non-hydrogen) atoms. The molecule has 0 radical (unpaired) electrons. The molecule has 0 bridgehead atoms. The summed E-state index contributed by atoms with van der Waals surface area (Å²) < 4.78 is 0.336.